The van der Waals surface area contributed by atoms with Gasteiger partial charge >= 0.3 is 0 Å². The van der Waals surface area contributed by atoms with E-state index in [1.807, 2.05) is 28.5 Å². The summed E-state index contributed by atoms with van der Waals surface area (Å²) in [6, 6.07) is 10.2. The number of likely N-dealkylation sites (tertiary alicyclic amines) is 1. The highest BCUT2D eigenvalue weighted by Gasteiger charge is 2.27. The Hall–Kier alpha value is -1.86. The van der Waals surface area contributed by atoms with E-state index in [4.69, 9.17) is 0 Å². The Morgan fingerprint density at radius 2 is 2.00 bits per heavy atom. The second kappa shape index (κ2) is 9.01. The number of aromatic nitrogens is 1. The number of nitrogens with zero attached hydrogens (tertiary/aromatic N) is 2. The Labute approximate surface area is 155 Å². The molecule has 2 heterocycles. The van der Waals surface area contributed by atoms with Crippen LogP contribution >= 0.6 is 23.1 Å². The Morgan fingerprint density at radius 3 is 2.68 bits per heavy atom. The first-order valence-corrected chi connectivity index (χ1v) is 10.4. The SMILES string of the molecule is O=C(Nc1nccs1)C1CCN(C(=O)CSCc2ccccc2)CC1. The van der Waals surface area contributed by atoms with Crippen LogP contribution in [0.25, 0.3) is 0 Å². The summed E-state index contributed by atoms with van der Waals surface area (Å²) in [6.07, 6.45) is 3.10. The molecule has 0 radical (unpaired) electrons. The number of thiazole rings is 1. The summed E-state index contributed by atoms with van der Waals surface area (Å²) in [4.78, 5) is 30.5. The Kier molecular flexibility index (Phi) is 6.47. The second-order valence-electron chi connectivity index (χ2n) is 5.96. The van der Waals surface area contributed by atoms with Crippen LogP contribution in [-0.4, -0.2) is 40.5 Å². The predicted molar refractivity (Wildman–Crippen MR) is 103 cm³/mol. The molecule has 1 aromatic carbocycles. The highest BCUT2D eigenvalue weighted by atomic mass is 32.2. The summed E-state index contributed by atoms with van der Waals surface area (Å²) in [5.74, 6) is 1.48. The van der Waals surface area contributed by atoms with Gasteiger partial charge < -0.3 is 10.2 Å². The maximum atomic E-state index is 12.3. The minimum absolute atomic E-state index is 0.0144. The molecule has 0 saturated carbocycles. The van der Waals surface area contributed by atoms with Crippen molar-refractivity contribution in [3.05, 3.63) is 47.5 Å². The first-order chi connectivity index (χ1) is 12.2. The largest absolute Gasteiger partial charge is 0.342 e. The molecule has 0 bridgehead atoms. The number of benzene rings is 1. The number of piperidine rings is 1. The second-order valence-corrected chi connectivity index (χ2v) is 7.84. The molecule has 132 valence electrons. The Morgan fingerprint density at radius 1 is 1.24 bits per heavy atom. The van der Waals surface area contributed by atoms with Crippen LogP contribution in [0.1, 0.15) is 18.4 Å². The lowest BCUT2D eigenvalue weighted by Gasteiger charge is -2.31. The Balaban J connectivity index is 1.38. The number of carbonyl (C=O) groups is 2. The van der Waals surface area contributed by atoms with Crippen LogP contribution in [0.3, 0.4) is 0 Å². The average Bonchev–Trinajstić information content (AvgIpc) is 3.15. The zero-order valence-corrected chi connectivity index (χ0v) is 15.5. The number of amides is 2. The molecular formula is C18H21N3O2S2. The first kappa shape index (κ1) is 17.9. The van der Waals surface area contributed by atoms with Crippen LogP contribution in [0.15, 0.2) is 41.9 Å². The summed E-state index contributed by atoms with van der Waals surface area (Å²) < 4.78 is 0. The van der Waals surface area contributed by atoms with Gasteiger partial charge in [0.05, 0.1) is 5.75 Å². The third-order valence-corrected chi connectivity index (χ3v) is 5.90. The normalized spacial score (nSPS) is 15.1. The topological polar surface area (TPSA) is 62.3 Å². The minimum Gasteiger partial charge on any atom is -0.342 e. The first-order valence-electron chi connectivity index (χ1n) is 8.32. The molecule has 1 aliphatic rings. The molecule has 1 aromatic heterocycles. The van der Waals surface area contributed by atoms with Gasteiger partial charge in [0.1, 0.15) is 0 Å². The number of thioether (sulfide) groups is 1. The van der Waals surface area contributed by atoms with Crippen molar-refractivity contribution in [2.24, 2.45) is 5.92 Å². The lowest BCUT2D eigenvalue weighted by atomic mass is 9.96. The molecule has 2 aromatic rings. The molecule has 2 amide bonds. The molecule has 5 nitrogen and oxygen atoms in total. The van der Waals surface area contributed by atoms with Gasteiger partial charge in [0.15, 0.2) is 5.13 Å². The molecule has 1 aliphatic heterocycles. The van der Waals surface area contributed by atoms with Crippen molar-refractivity contribution in [3.8, 4) is 0 Å². The van der Waals surface area contributed by atoms with Crippen LogP contribution in [-0.2, 0) is 15.3 Å². The smallest absolute Gasteiger partial charge is 0.232 e. The predicted octanol–water partition coefficient (Wildman–Crippen LogP) is 3.25. The van der Waals surface area contributed by atoms with Crippen molar-refractivity contribution in [2.45, 2.75) is 18.6 Å². The van der Waals surface area contributed by atoms with E-state index in [0.717, 1.165) is 5.75 Å². The van der Waals surface area contributed by atoms with E-state index in [-0.39, 0.29) is 17.7 Å². The summed E-state index contributed by atoms with van der Waals surface area (Å²) in [6.45, 7) is 1.31. The fourth-order valence-electron chi connectivity index (χ4n) is 2.81. The van der Waals surface area contributed by atoms with Crippen molar-refractivity contribution >= 4 is 40.0 Å². The molecule has 3 rings (SSSR count). The lowest BCUT2D eigenvalue weighted by molar-refractivity contribution is -0.132. The molecular weight excluding hydrogens is 354 g/mol. The van der Waals surface area contributed by atoms with Crippen LogP contribution in [0.2, 0.25) is 0 Å². The van der Waals surface area contributed by atoms with Gasteiger partial charge in [-0.25, -0.2) is 4.98 Å². The van der Waals surface area contributed by atoms with E-state index < -0.39 is 0 Å². The van der Waals surface area contributed by atoms with Gasteiger partial charge in [0, 0.05) is 36.3 Å². The molecule has 0 spiro atoms. The molecule has 0 unspecified atom stereocenters. The standard InChI is InChI=1S/C18H21N3O2S2/c22-16(13-24-12-14-4-2-1-3-5-14)21-9-6-15(7-10-21)17(23)20-18-19-8-11-25-18/h1-5,8,11,15H,6-7,9-10,12-13H2,(H,19,20,23). The molecule has 1 saturated heterocycles. The van der Waals surface area contributed by atoms with Crippen LogP contribution in [0.5, 0.6) is 0 Å². The summed E-state index contributed by atoms with van der Waals surface area (Å²) >= 11 is 3.06. The van der Waals surface area contributed by atoms with Crippen molar-refractivity contribution < 1.29 is 9.59 Å². The molecule has 1 fully saturated rings. The van der Waals surface area contributed by atoms with E-state index in [9.17, 15) is 9.59 Å². The van der Waals surface area contributed by atoms with E-state index in [1.54, 1.807) is 18.0 Å². The summed E-state index contributed by atoms with van der Waals surface area (Å²) in [7, 11) is 0. The molecule has 7 heteroatoms. The zero-order valence-electron chi connectivity index (χ0n) is 13.9. The van der Waals surface area contributed by atoms with Gasteiger partial charge in [-0.1, -0.05) is 30.3 Å². The van der Waals surface area contributed by atoms with Gasteiger partial charge in [-0.05, 0) is 18.4 Å². The number of hydrogen-bond donors (Lipinski definition) is 1. The minimum atomic E-state index is -0.0371. The highest BCUT2D eigenvalue weighted by molar-refractivity contribution is 7.99. The number of rotatable bonds is 6. The maximum Gasteiger partial charge on any atom is 0.232 e. The van der Waals surface area contributed by atoms with Gasteiger partial charge in [-0.3, -0.25) is 9.59 Å². The van der Waals surface area contributed by atoms with Crippen molar-refractivity contribution in [1.29, 1.82) is 0 Å². The number of nitrogens with one attached hydrogen (secondary N) is 1. The monoisotopic (exact) mass is 375 g/mol. The third-order valence-electron chi connectivity index (χ3n) is 4.22. The van der Waals surface area contributed by atoms with Crippen LogP contribution < -0.4 is 5.32 Å². The molecule has 0 atom stereocenters. The average molecular weight is 376 g/mol. The van der Waals surface area contributed by atoms with Gasteiger partial charge in [-0.2, -0.15) is 0 Å². The van der Waals surface area contributed by atoms with E-state index in [0.29, 0.717) is 36.8 Å². The molecule has 25 heavy (non-hydrogen) atoms. The zero-order chi connectivity index (χ0) is 17.5. The van der Waals surface area contributed by atoms with Crippen LogP contribution in [0, 0.1) is 5.92 Å². The van der Waals surface area contributed by atoms with Gasteiger partial charge in [-0.15, -0.1) is 23.1 Å². The quantitative estimate of drug-likeness (QED) is 0.842. The van der Waals surface area contributed by atoms with Gasteiger partial charge in [0.2, 0.25) is 11.8 Å². The fraction of sp³-hybridized carbons (Fsp3) is 0.389. The van der Waals surface area contributed by atoms with Crippen molar-refractivity contribution in [1.82, 2.24) is 9.88 Å². The van der Waals surface area contributed by atoms with E-state index in [1.165, 1.54) is 16.9 Å². The lowest BCUT2D eigenvalue weighted by Crippen LogP contribution is -2.42. The van der Waals surface area contributed by atoms with E-state index in [2.05, 4.69) is 22.4 Å². The van der Waals surface area contributed by atoms with Crippen molar-refractivity contribution in [3.63, 3.8) is 0 Å². The number of hydrogen-bond acceptors (Lipinski definition) is 5. The van der Waals surface area contributed by atoms with Crippen LogP contribution in [0.4, 0.5) is 5.13 Å². The summed E-state index contributed by atoms with van der Waals surface area (Å²) in [5, 5.41) is 5.33. The fourth-order valence-corrected chi connectivity index (χ4v) is 4.22. The van der Waals surface area contributed by atoms with Crippen molar-refractivity contribution in [2.75, 3.05) is 24.2 Å². The highest BCUT2D eigenvalue weighted by Crippen LogP contribution is 2.21. The number of carbonyl (C=O) groups excluding carboxylic acids is 2. The van der Waals surface area contributed by atoms with E-state index >= 15 is 0 Å². The van der Waals surface area contributed by atoms with Gasteiger partial charge in [0.25, 0.3) is 0 Å². The number of anilines is 1. The Bertz CT molecular complexity index is 684. The third kappa shape index (κ3) is 5.31. The molecule has 0 aliphatic carbocycles. The summed E-state index contributed by atoms with van der Waals surface area (Å²) in [5.41, 5.74) is 1.23. The maximum absolute atomic E-state index is 12.3. The molecule has 1 N–H and O–H groups in total.